The van der Waals surface area contributed by atoms with Gasteiger partial charge in [0.25, 0.3) is 12.0 Å². The van der Waals surface area contributed by atoms with Gasteiger partial charge in [0.05, 0.1) is 19.5 Å². The predicted molar refractivity (Wildman–Crippen MR) is 164 cm³/mol. The molecule has 2 aliphatic heterocycles. The summed E-state index contributed by atoms with van der Waals surface area (Å²) < 4.78 is 30.4. The van der Waals surface area contributed by atoms with E-state index in [1.165, 1.54) is 13.4 Å². The smallest absolute Gasteiger partial charge is 0.280 e. The maximum atomic E-state index is 13.5. The van der Waals surface area contributed by atoms with Crippen LogP contribution in [0.1, 0.15) is 29.8 Å². The van der Waals surface area contributed by atoms with Gasteiger partial charge in [-0.15, -0.1) is 0 Å². The lowest BCUT2D eigenvalue weighted by Crippen LogP contribution is -2.39. The number of aromatic amines is 1. The summed E-state index contributed by atoms with van der Waals surface area (Å²) in [5, 5.41) is 14.0. The van der Waals surface area contributed by atoms with Crippen molar-refractivity contribution in [1.82, 2.24) is 19.5 Å². The molecule has 2 aromatic heterocycles. The van der Waals surface area contributed by atoms with Crippen LogP contribution in [0, 0.1) is 0 Å². The van der Waals surface area contributed by atoms with E-state index in [-0.39, 0.29) is 17.1 Å². The standard InChI is InChI=1S/C33H33N5O7/c1-19(39)25-26-27(45-32(42-3)44-26)30(43-25)38-18-34-24-28(38)35-31(36-29(24)40)37-33(20-10-6-4-7-11-20,21-12-8-5-9-13-21)22-14-16-23(41-2)17-15-22/h4-19,25-27,30,32,39H,1-3H3,(H2,35,36,37,40)/t19-,25-,26-,27-,30-,32?/m1/s1. The van der Waals surface area contributed by atoms with Gasteiger partial charge in [-0.2, -0.15) is 4.98 Å². The molecule has 7 rings (SSSR count). The number of nitrogens with one attached hydrogen (secondary N) is 2. The number of hydrogen-bond donors (Lipinski definition) is 3. The molecule has 3 aromatic carbocycles. The number of aromatic nitrogens is 4. The largest absolute Gasteiger partial charge is 0.497 e. The molecule has 2 fully saturated rings. The number of aliphatic hydroxyl groups excluding tert-OH is 1. The molecule has 6 atom stereocenters. The zero-order valence-electron chi connectivity index (χ0n) is 24.9. The number of hydrogen-bond acceptors (Lipinski definition) is 10. The molecular weight excluding hydrogens is 578 g/mol. The number of imidazole rings is 1. The lowest BCUT2D eigenvalue weighted by molar-refractivity contribution is -0.259. The minimum Gasteiger partial charge on any atom is -0.497 e. The van der Waals surface area contributed by atoms with E-state index >= 15 is 0 Å². The van der Waals surface area contributed by atoms with E-state index in [2.05, 4.69) is 15.3 Å². The molecule has 0 spiro atoms. The third-order valence-corrected chi connectivity index (χ3v) is 8.38. The van der Waals surface area contributed by atoms with Crippen molar-refractivity contribution >= 4 is 17.1 Å². The van der Waals surface area contributed by atoms with Crippen LogP contribution in [0.3, 0.4) is 0 Å². The summed E-state index contributed by atoms with van der Waals surface area (Å²) in [5.74, 6) is 0.919. The summed E-state index contributed by atoms with van der Waals surface area (Å²) in [5.41, 5.74) is 1.70. The van der Waals surface area contributed by atoms with Crippen LogP contribution < -0.4 is 15.6 Å². The van der Waals surface area contributed by atoms with E-state index in [1.807, 2.05) is 84.9 Å². The Morgan fingerprint density at radius 1 is 0.911 bits per heavy atom. The lowest BCUT2D eigenvalue weighted by Gasteiger charge is -2.37. The molecular formula is C33H33N5O7. The van der Waals surface area contributed by atoms with E-state index < -0.39 is 48.2 Å². The fourth-order valence-electron chi connectivity index (χ4n) is 6.26. The van der Waals surface area contributed by atoms with Gasteiger partial charge in [-0.05, 0) is 35.7 Å². The predicted octanol–water partition coefficient (Wildman–Crippen LogP) is 3.52. The van der Waals surface area contributed by atoms with Gasteiger partial charge in [0.15, 0.2) is 17.4 Å². The number of aliphatic hydroxyl groups is 1. The molecule has 4 heterocycles. The molecule has 3 N–H and O–H groups in total. The van der Waals surface area contributed by atoms with Crippen LogP contribution in [0.15, 0.2) is 96.1 Å². The molecule has 5 aromatic rings. The maximum absolute atomic E-state index is 13.5. The van der Waals surface area contributed by atoms with Gasteiger partial charge in [-0.3, -0.25) is 14.3 Å². The van der Waals surface area contributed by atoms with Crippen LogP contribution in [-0.2, 0) is 24.5 Å². The van der Waals surface area contributed by atoms with Crippen molar-refractivity contribution in [2.45, 2.75) is 49.6 Å². The molecule has 0 aliphatic carbocycles. The van der Waals surface area contributed by atoms with E-state index in [1.54, 1.807) is 18.6 Å². The quantitative estimate of drug-likeness (QED) is 0.212. The Morgan fingerprint density at radius 2 is 1.53 bits per heavy atom. The van der Waals surface area contributed by atoms with Crippen molar-refractivity contribution < 1.29 is 28.8 Å². The van der Waals surface area contributed by atoms with Crippen LogP contribution >= 0.6 is 0 Å². The van der Waals surface area contributed by atoms with E-state index in [9.17, 15) is 9.90 Å². The van der Waals surface area contributed by atoms with Gasteiger partial charge < -0.3 is 34.1 Å². The summed E-state index contributed by atoms with van der Waals surface area (Å²) in [6.45, 7) is 0.703. The van der Waals surface area contributed by atoms with Gasteiger partial charge in [0.1, 0.15) is 29.6 Å². The molecule has 45 heavy (non-hydrogen) atoms. The molecule has 12 heteroatoms. The number of methoxy groups -OCH3 is 2. The van der Waals surface area contributed by atoms with Crippen molar-refractivity contribution in [1.29, 1.82) is 0 Å². The summed E-state index contributed by atoms with van der Waals surface area (Å²) in [4.78, 5) is 25.7. The zero-order chi connectivity index (χ0) is 31.1. The summed E-state index contributed by atoms with van der Waals surface area (Å²) in [6, 6.07) is 27.7. The Labute approximate surface area is 258 Å². The zero-order valence-corrected chi connectivity index (χ0v) is 24.9. The number of rotatable bonds is 9. The molecule has 2 aliphatic rings. The highest BCUT2D eigenvalue weighted by molar-refractivity contribution is 5.71. The number of nitrogens with zero attached hydrogens (tertiary/aromatic N) is 3. The van der Waals surface area contributed by atoms with Gasteiger partial charge in [-0.1, -0.05) is 72.8 Å². The number of ether oxygens (including phenoxy) is 5. The van der Waals surface area contributed by atoms with Crippen molar-refractivity contribution in [3.8, 4) is 5.75 Å². The number of anilines is 1. The fourth-order valence-corrected chi connectivity index (χ4v) is 6.26. The normalized spacial score (nSPS) is 23.6. The Morgan fingerprint density at radius 3 is 2.13 bits per heavy atom. The number of fused-ring (bicyclic) bond motifs is 2. The van der Waals surface area contributed by atoms with Gasteiger partial charge in [0.2, 0.25) is 5.95 Å². The van der Waals surface area contributed by atoms with Crippen molar-refractivity contribution in [2.75, 3.05) is 19.5 Å². The maximum Gasteiger partial charge on any atom is 0.280 e. The average Bonchev–Trinajstić information content (AvgIpc) is 3.78. The first-order valence-electron chi connectivity index (χ1n) is 14.6. The topological polar surface area (TPSA) is 142 Å². The van der Waals surface area contributed by atoms with Crippen LogP contribution in [0.25, 0.3) is 11.2 Å². The second-order valence-corrected chi connectivity index (χ2v) is 11.0. The molecule has 1 unspecified atom stereocenters. The second kappa shape index (κ2) is 11.7. The molecule has 0 amide bonds. The molecule has 0 radical (unpaired) electrons. The fraction of sp³-hybridized carbons (Fsp3) is 0.303. The highest BCUT2D eigenvalue weighted by Gasteiger charge is 2.55. The monoisotopic (exact) mass is 611 g/mol. The van der Waals surface area contributed by atoms with Gasteiger partial charge >= 0.3 is 0 Å². The van der Waals surface area contributed by atoms with Crippen molar-refractivity contribution in [3.05, 3.63) is 118 Å². The van der Waals surface area contributed by atoms with Crippen LogP contribution in [0.4, 0.5) is 5.95 Å². The molecule has 0 bridgehead atoms. The average molecular weight is 612 g/mol. The van der Waals surface area contributed by atoms with Crippen LogP contribution in [0.2, 0.25) is 0 Å². The summed E-state index contributed by atoms with van der Waals surface area (Å²) in [6.07, 6.45) is -2.11. The summed E-state index contributed by atoms with van der Waals surface area (Å²) >= 11 is 0. The number of H-pyrrole nitrogens is 1. The minimum absolute atomic E-state index is 0.123. The molecule has 232 valence electrons. The molecule has 2 saturated heterocycles. The van der Waals surface area contributed by atoms with E-state index in [0.717, 1.165) is 16.7 Å². The van der Waals surface area contributed by atoms with Crippen LogP contribution in [-0.4, -0.2) is 69.7 Å². The van der Waals surface area contributed by atoms with Gasteiger partial charge in [0, 0.05) is 7.11 Å². The van der Waals surface area contributed by atoms with Gasteiger partial charge in [-0.25, -0.2) is 4.98 Å². The highest BCUT2D eigenvalue weighted by Crippen LogP contribution is 2.42. The Balaban J connectivity index is 1.38. The molecule has 0 saturated carbocycles. The Hall–Kier alpha value is -4.59. The molecule has 12 nitrogen and oxygen atoms in total. The lowest BCUT2D eigenvalue weighted by atomic mass is 9.77. The third-order valence-electron chi connectivity index (χ3n) is 8.38. The third kappa shape index (κ3) is 4.96. The van der Waals surface area contributed by atoms with Crippen molar-refractivity contribution in [3.63, 3.8) is 0 Å². The van der Waals surface area contributed by atoms with E-state index in [0.29, 0.717) is 5.75 Å². The first-order chi connectivity index (χ1) is 21.9. The highest BCUT2D eigenvalue weighted by atomic mass is 16.9. The van der Waals surface area contributed by atoms with Crippen LogP contribution in [0.5, 0.6) is 5.75 Å². The Bertz CT molecular complexity index is 1790. The minimum atomic E-state index is -0.982. The van der Waals surface area contributed by atoms with E-state index in [4.69, 9.17) is 28.7 Å². The van der Waals surface area contributed by atoms with Crippen molar-refractivity contribution in [2.24, 2.45) is 0 Å². The first kappa shape index (κ1) is 29.1. The SMILES string of the molecule is COc1ccc(C(Nc2nc3c(ncn3[C@@H]3O[C@H]([C@@H](C)O)[C@H]4OC(OC)O[C@H]43)c(=O)[nH]2)(c2ccccc2)c2ccccc2)cc1. The second-order valence-electron chi connectivity index (χ2n) is 11.0. The first-order valence-corrected chi connectivity index (χ1v) is 14.6. The Kier molecular flexibility index (Phi) is 7.59. The number of benzene rings is 3. The summed E-state index contributed by atoms with van der Waals surface area (Å²) in [7, 11) is 3.10.